The van der Waals surface area contributed by atoms with Gasteiger partial charge in [0.15, 0.2) is 19.7 Å². The summed E-state index contributed by atoms with van der Waals surface area (Å²) in [5.74, 6) is -2.74. The Morgan fingerprint density at radius 1 is 1.19 bits per heavy atom. The summed E-state index contributed by atoms with van der Waals surface area (Å²) in [6.07, 6.45) is 1.15. The van der Waals surface area contributed by atoms with Crippen LogP contribution in [0.25, 0.3) is 5.47 Å². The van der Waals surface area contributed by atoms with Crippen molar-refractivity contribution in [2.45, 2.75) is 6.82 Å². The van der Waals surface area contributed by atoms with E-state index in [0.717, 1.165) is 6.26 Å². The Kier molecular flexibility index (Phi) is 5.14. The Bertz CT molecular complexity index is 1000. The standard InChI is InChI=1S/C18H11BBrO7/c1-19-13-14(20)17(25)16(24)12-10(6-27-18(12)13)15(23)8-2-4-9(5-3-8)26-7-11(21)22/h2-6H,7H2,1H3,(H,21,22). The highest BCUT2D eigenvalue weighted by Gasteiger charge is 2.37. The summed E-state index contributed by atoms with van der Waals surface area (Å²) in [5, 5.41) is 8.60. The van der Waals surface area contributed by atoms with E-state index in [2.05, 4.69) is 15.9 Å². The van der Waals surface area contributed by atoms with Crippen molar-refractivity contribution in [3.63, 3.8) is 0 Å². The maximum Gasteiger partial charge on any atom is 0.341 e. The van der Waals surface area contributed by atoms with Gasteiger partial charge in [-0.1, -0.05) is 6.82 Å². The van der Waals surface area contributed by atoms with E-state index in [1.807, 2.05) is 0 Å². The molecule has 1 aromatic heterocycles. The van der Waals surface area contributed by atoms with Crippen LogP contribution in [0.3, 0.4) is 0 Å². The average Bonchev–Trinajstić information content (AvgIpc) is 3.09. The summed E-state index contributed by atoms with van der Waals surface area (Å²) in [6.45, 7) is 1.18. The molecule has 1 radical (unpaired) electrons. The number of fused-ring (bicyclic) bond motifs is 1. The molecule has 3 rings (SSSR count). The average molecular weight is 430 g/mol. The molecule has 0 aliphatic heterocycles. The second kappa shape index (κ2) is 7.36. The lowest BCUT2D eigenvalue weighted by Crippen LogP contribution is -2.24. The SMILES string of the molecule is C[B]C1=C(Br)C(=O)C(=O)c2c(C(=O)c3ccc(OCC(=O)O)cc3)coc21. The van der Waals surface area contributed by atoms with Crippen molar-refractivity contribution in [3.8, 4) is 5.75 Å². The van der Waals surface area contributed by atoms with Crippen molar-refractivity contribution in [3.05, 3.63) is 57.5 Å². The molecule has 27 heavy (non-hydrogen) atoms. The second-order valence-corrected chi connectivity index (χ2v) is 6.36. The molecular weight excluding hydrogens is 419 g/mol. The zero-order chi connectivity index (χ0) is 19.7. The number of furan rings is 1. The number of carboxylic acid groups (broad SMARTS) is 1. The molecule has 0 amide bonds. The molecule has 0 bridgehead atoms. The summed E-state index contributed by atoms with van der Waals surface area (Å²) in [6, 6.07) is 5.76. The van der Waals surface area contributed by atoms with Gasteiger partial charge in [0.2, 0.25) is 11.6 Å². The zero-order valence-electron chi connectivity index (χ0n) is 13.9. The molecular formula is C18H11BBrO7. The fourth-order valence-electron chi connectivity index (χ4n) is 2.64. The summed E-state index contributed by atoms with van der Waals surface area (Å²) >= 11 is 3.09. The Balaban J connectivity index is 1.95. The minimum atomic E-state index is -1.12. The number of halogens is 1. The molecule has 1 aliphatic carbocycles. The Morgan fingerprint density at radius 3 is 2.44 bits per heavy atom. The number of hydrogen-bond donors (Lipinski definition) is 1. The van der Waals surface area contributed by atoms with Crippen LogP contribution in [0.1, 0.15) is 32.0 Å². The van der Waals surface area contributed by atoms with E-state index in [1.54, 1.807) is 14.1 Å². The quantitative estimate of drug-likeness (QED) is 0.426. The van der Waals surface area contributed by atoms with Crippen LogP contribution < -0.4 is 4.74 Å². The van der Waals surface area contributed by atoms with Gasteiger partial charge in [-0.05, 0) is 45.7 Å². The van der Waals surface area contributed by atoms with Gasteiger partial charge in [-0.3, -0.25) is 14.4 Å². The summed E-state index contributed by atoms with van der Waals surface area (Å²) in [5.41, 5.74) is 0.567. The normalized spacial score (nSPS) is 13.4. The van der Waals surface area contributed by atoms with E-state index in [9.17, 15) is 19.2 Å². The summed E-state index contributed by atoms with van der Waals surface area (Å²) in [4.78, 5) is 47.8. The highest BCUT2D eigenvalue weighted by molar-refractivity contribution is 9.12. The first-order valence-corrected chi connectivity index (χ1v) is 8.53. The van der Waals surface area contributed by atoms with Gasteiger partial charge in [-0.2, -0.15) is 0 Å². The fraction of sp³-hybridized carbons (Fsp3) is 0.111. The van der Waals surface area contributed by atoms with Crippen molar-refractivity contribution in [1.29, 1.82) is 0 Å². The van der Waals surface area contributed by atoms with Crippen LogP contribution >= 0.6 is 15.9 Å². The lowest BCUT2D eigenvalue weighted by Gasteiger charge is -2.13. The number of ether oxygens (including phenoxy) is 1. The van der Waals surface area contributed by atoms with Crippen molar-refractivity contribution in [2.75, 3.05) is 6.61 Å². The van der Waals surface area contributed by atoms with E-state index in [-0.39, 0.29) is 32.7 Å². The van der Waals surface area contributed by atoms with Crippen molar-refractivity contribution in [2.24, 2.45) is 0 Å². The van der Waals surface area contributed by atoms with E-state index < -0.39 is 29.9 Å². The van der Waals surface area contributed by atoms with Gasteiger partial charge in [-0.15, -0.1) is 0 Å². The molecule has 2 aromatic rings. The van der Waals surface area contributed by atoms with Crippen molar-refractivity contribution >= 4 is 52.0 Å². The third kappa shape index (κ3) is 3.38. The molecule has 0 atom stereocenters. The summed E-state index contributed by atoms with van der Waals surface area (Å²) in [7, 11) is 1.61. The van der Waals surface area contributed by atoms with Crippen molar-refractivity contribution in [1.82, 2.24) is 0 Å². The number of ketones is 3. The summed E-state index contributed by atoms with van der Waals surface area (Å²) < 4.78 is 10.5. The monoisotopic (exact) mass is 429 g/mol. The van der Waals surface area contributed by atoms with Crippen LogP contribution in [0, 0.1) is 0 Å². The topological polar surface area (TPSA) is 111 Å². The van der Waals surface area contributed by atoms with E-state index in [0.29, 0.717) is 5.47 Å². The molecule has 1 N–H and O–H groups in total. The van der Waals surface area contributed by atoms with Gasteiger partial charge < -0.3 is 14.3 Å². The van der Waals surface area contributed by atoms with E-state index in [1.165, 1.54) is 24.3 Å². The van der Waals surface area contributed by atoms with Gasteiger partial charge in [0.25, 0.3) is 0 Å². The molecule has 0 saturated carbocycles. The molecule has 0 fully saturated rings. The van der Waals surface area contributed by atoms with Crippen LogP contribution in [-0.2, 0) is 9.59 Å². The Morgan fingerprint density at radius 2 is 1.85 bits per heavy atom. The first-order chi connectivity index (χ1) is 12.8. The molecule has 1 aliphatic rings. The number of allylic oxidation sites excluding steroid dienone is 1. The zero-order valence-corrected chi connectivity index (χ0v) is 15.5. The van der Waals surface area contributed by atoms with Gasteiger partial charge >= 0.3 is 5.97 Å². The molecule has 135 valence electrons. The number of Topliss-reactive ketones (excluding diaryl/α,β-unsaturated/α-hetero) is 2. The number of carbonyl (C=O) groups excluding carboxylic acids is 3. The highest BCUT2D eigenvalue weighted by atomic mass is 79.9. The smallest absolute Gasteiger partial charge is 0.341 e. The number of hydrogen-bond acceptors (Lipinski definition) is 6. The maximum atomic E-state index is 12.8. The largest absolute Gasteiger partial charge is 0.482 e. The van der Waals surface area contributed by atoms with Gasteiger partial charge in [0, 0.05) is 5.56 Å². The van der Waals surface area contributed by atoms with Gasteiger partial charge in [0.1, 0.15) is 17.8 Å². The first kappa shape index (κ1) is 18.8. The molecule has 0 spiro atoms. The van der Waals surface area contributed by atoms with Crippen LogP contribution in [0.4, 0.5) is 0 Å². The molecule has 1 aromatic carbocycles. The van der Waals surface area contributed by atoms with Crippen LogP contribution in [-0.4, -0.2) is 42.3 Å². The van der Waals surface area contributed by atoms with Gasteiger partial charge in [-0.25, -0.2) is 4.79 Å². The maximum absolute atomic E-state index is 12.8. The van der Waals surface area contributed by atoms with E-state index >= 15 is 0 Å². The Hall–Kier alpha value is -2.94. The Labute approximate surface area is 162 Å². The number of carboxylic acids is 1. The minimum absolute atomic E-state index is 0.0121. The highest BCUT2D eigenvalue weighted by Crippen LogP contribution is 2.35. The fourth-order valence-corrected chi connectivity index (χ4v) is 3.23. The van der Waals surface area contributed by atoms with Gasteiger partial charge in [0.05, 0.1) is 15.6 Å². The minimum Gasteiger partial charge on any atom is -0.482 e. The predicted octanol–water partition coefficient (Wildman–Crippen LogP) is 2.56. The molecule has 7 nitrogen and oxygen atoms in total. The number of aliphatic carboxylic acids is 1. The van der Waals surface area contributed by atoms with Crippen LogP contribution in [0.15, 0.2) is 39.4 Å². The predicted molar refractivity (Wildman–Crippen MR) is 98.5 cm³/mol. The van der Waals surface area contributed by atoms with E-state index in [4.69, 9.17) is 14.3 Å². The molecule has 0 saturated heterocycles. The molecule has 0 unspecified atom stereocenters. The number of rotatable bonds is 6. The van der Waals surface area contributed by atoms with Crippen molar-refractivity contribution < 1.29 is 33.4 Å². The van der Waals surface area contributed by atoms with Crippen LogP contribution in [0.5, 0.6) is 5.75 Å². The third-order valence-corrected chi connectivity index (χ3v) is 4.70. The number of carbonyl (C=O) groups is 4. The lowest BCUT2D eigenvalue weighted by molar-refractivity contribution is -0.139. The lowest BCUT2D eigenvalue weighted by atomic mass is 9.67. The first-order valence-electron chi connectivity index (χ1n) is 7.74. The van der Waals surface area contributed by atoms with Crippen LogP contribution in [0.2, 0.25) is 6.82 Å². The second-order valence-electron chi connectivity index (χ2n) is 5.56. The molecule has 1 heterocycles. The molecule has 9 heteroatoms. The third-order valence-electron chi connectivity index (χ3n) is 3.92. The number of benzene rings is 1.